The summed E-state index contributed by atoms with van der Waals surface area (Å²) >= 11 is 0. The van der Waals surface area contributed by atoms with Gasteiger partial charge in [0.15, 0.2) is 17.2 Å². The highest BCUT2D eigenvalue weighted by molar-refractivity contribution is 5.96. The maximum Gasteiger partial charge on any atom is 0.274 e. The van der Waals surface area contributed by atoms with Crippen LogP contribution in [-0.4, -0.2) is 70.8 Å². The average Bonchev–Trinajstić information content (AvgIpc) is 3.18. The molecule has 2 aliphatic rings. The lowest BCUT2D eigenvalue weighted by atomic mass is 9.88. The first kappa shape index (κ1) is 28.6. The fourth-order valence-corrected chi connectivity index (χ4v) is 5.68. The number of carbonyl (C=O) groups is 2. The van der Waals surface area contributed by atoms with Gasteiger partial charge in [-0.05, 0) is 81.5 Å². The Kier molecular flexibility index (Phi) is 8.33. The van der Waals surface area contributed by atoms with Crippen molar-refractivity contribution >= 4 is 11.8 Å². The summed E-state index contributed by atoms with van der Waals surface area (Å²) in [5, 5.41) is 4.88. The number of aryl methyl sites for hydroxylation is 1. The molecule has 5 rings (SSSR count). The molecule has 1 fully saturated rings. The number of carbonyl (C=O) groups excluding carboxylic acids is 2. The van der Waals surface area contributed by atoms with Crippen LogP contribution in [0.4, 0.5) is 4.39 Å². The summed E-state index contributed by atoms with van der Waals surface area (Å²) < 4.78 is 27.3. The third-order valence-corrected chi connectivity index (χ3v) is 8.04. The largest absolute Gasteiger partial charge is 0.493 e. The van der Waals surface area contributed by atoms with Gasteiger partial charge in [0, 0.05) is 43.2 Å². The second-order valence-electron chi connectivity index (χ2n) is 11.2. The zero-order valence-electron chi connectivity index (χ0n) is 24.6. The minimum Gasteiger partial charge on any atom is -0.493 e. The molecule has 9 heteroatoms. The van der Waals surface area contributed by atoms with Gasteiger partial charge in [0.2, 0.25) is 5.91 Å². The predicted octanol–water partition coefficient (Wildman–Crippen LogP) is 5.29. The second kappa shape index (κ2) is 11.9. The Hall–Kier alpha value is -3.88. The smallest absolute Gasteiger partial charge is 0.274 e. The van der Waals surface area contributed by atoms with Crippen LogP contribution in [0.15, 0.2) is 36.4 Å². The maximum absolute atomic E-state index is 14.1. The highest BCUT2D eigenvalue weighted by atomic mass is 19.1. The summed E-state index contributed by atoms with van der Waals surface area (Å²) in [5.41, 5.74) is 4.73. The zero-order chi connectivity index (χ0) is 29.3. The van der Waals surface area contributed by atoms with Gasteiger partial charge in [0.1, 0.15) is 5.82 Å². The quantitative estimate of drug-likeness (QED) is 0.391. The number of hydrogen-bond donors (Lipinski definition) is 0. The van der Waals surface area contributed by atoms with Gasteiger partial charge in [-0.1, -0.05) is 13.8 Å². The average molecular weight is 563 g/mol. The molecule has 1 unspecified atom stereocenters. The van der Waals surface area contributed by atoms with Crippen molar-refractivity contribution in [2.75, 3.05) is 33.3 Å². The van der Waals surface area contributed by atoms with Crippen molar-refractivity contribution in [2.24, 2.45) is 5.92 Å². The molecule has 2 aromatic carbocycles. The van der Waals surface area contributed by atoms with Crippen molar-refractivity contribution in [1.29, 1.82) is 0 Å². The van der Waals surface area contributed by atoms with Gasteiger partial charge < -0.3 is 19.3 Å². The van der Waals surface area contributed by atoms with E-state index >= 15 is 0 Å². The Morgan fingerprint density at radius 1 is 0.976 bits per heavy atom. The highest BCUT2D eigenvalue weighted by Gasteiger charge is 2.33. The molecule has 0 radical (unpaired) electrons. The van der Waals surface area contributed by atoms with Crippen LogP contribution >= 0.6 is 0 Å². The van der Waals surface area contributed by atoms with Crippen LogP contribution in [0, 0.1) is 11.7 Å². The van der Waals surface area contributed by atoms with E-state index in [0.29, 0.717) is 68.3 Å². The van der Waals surface area contributed by atoms with Gasteiger partial charge in [-0.15, -0.1) is 0 Å². The number of rotatable bonds is 7. The van der Waals surface area contributed by atoms with Crippen molar-refractivity contribution in [3.8, 4) is 28.4 Å². The van der Waals surface area contributed by atoms with Crippen molar-refractivity contribution < 1.29 is 23.5 Å². The Balaban J connectivity index is 1.56. The molecular weight excluding hydrogens is 523 g/mol. The fourth-order valence-electron chi connectivity index (χ4n) is 5.68. The molecule has 8 nitrogen and oxygen atoms in total. The summed E-state index contributed by atoms with van der Waals surface area (Å²) in [7, 11) is 1.63. The first-order valence-corrected chi connectivity index (χ1v) is 14.6. The van der Waals surface area contributed by atoms with Crippen LogP contribution in [0.25, 0.3) is 16.9 Å². The van der Waals surface area contributed by atoms with Crippen molar-refractivity contribution in [3.05, 3.63) is 59.0 Å². The van der Waals surface area contributed by atoms with Crippen molar-refractivity contribution in [2.45, 2.75) is 59.5 Å². The minimum atomic E-state index is -0.343. The predicted molar refractivity (Wildman–Crippen MR) is 155 cm³/mol. The molecule has 0 N–H and O–H groups in total. The number of ether oxygens (including phenoxy) is 2. The van der Waals surface area contributed by atoms with Crippen LogP contribution in [0.5, 0.6) is 11.5 Å². The van der Waals surface area contributed by atoms with Gasteiger partial charge >= 0.3 is 0 Å². The summed E-state index contributed by atoms with van der Waals surface area (Å²) in [5.74, 6) is 0.907. The van der Waals surface area contributed by atoms with Gasteiger partial charge in [-0.2, -0.15) is 5.10 Å². The number of nitrogens with zero attached hydrogens (tertiary/aromatic N) is 4. The lowest BCUT2D eigenvalue weighted by Gasteiger charge is -2.24. The third-order valence-electron chi connectivity index (χ3n) is 8.04. The Bertz CT molecular complexity index is 1430. The van der Waals surface area contributed by atoms with E-state index in [9.17, 15) is 14.0 Å². The summed E-state index contributed by atoms with van der Waals surface area (Å²) in [4.78, 5) is 30.6. The third kappa shape index (κ3) is 5.67. The van der Waals surface area contributed by atoms with E-state index < -0.39 is 0 Å². The number of amides is 2. The molecule has 1 aromatic heterocycles. The molecular formula is C32H39FN4O4. The van der Waals surface area contributed by atoms with Crippen LogP contribution in [0.3, 0.4) is 0 Å². The Morgan fingerprint density at radius 3 is 2.37 bits per heavy atom. The molecule has 1 aliphatic carbocycles. The van der Waals surface area contributed by atoms with E-state index in [1.165, 1.54) is 12.1 Å². The number of methoxy groups -OCH3 is 1. The topological polar surface area (TPSA) is 76.9 Å². The molecule has 2 amide bonds. The highest BCUT2D eigenvalue weighted by Crippen LogP contribution is 2.43. The second-order valence-corrected chi connectivity index (χ2v) is 11.2. The van der Waals surface area contributed by atoms with E-state index in [1.54, 1.807) is 23.9 Å². The molecule has 0 spiro atoms. The number of halogens is 1. The van der Waals surface area contributed by atoms with E-state index in [1.807, 2.05) is 49.6 Å². The van der Waals surface area contributed by atoms with E-state index in [0.717, 1.165) is 28.8 Å². The number of benzene rings is 2. The molecule has 218 valence electrons. The number of hydrogen-bond acceptors (Lipinski definition) is 5. The molecule has 0 saturated carbocycles. The van der Waals surface area contributed by atoms with E-state index in [4.69, 9.17) is 14.6 Å². The SMILES string of the molecule is CCC(C)C(=O)N1CCCN(C(=O)c2nn(-c3ccc(F)cc3)c3c2CCc2cc(OC)c(OC(C)C)cc2-3)CC1. The summed E-state index contributed by atoms with van der Waals surface area (Å²) in [6.45, 7) is 10.1. The van der Waals surface area contributed by atoms with Crippen molar-refractivity contribution in [3.63, 3.8) is 0 Å². The monoisotopic (exact) mass is 562 g/mol. The maximum atomic E-state index is 14.1. The van der Waals surface area contributed by atoms with E-state index in [-0.39, 0.29) is 29.7 Å². The first-order chi connectivity index (χ1) is 19.7. The summed E-state index contributed by atoms with van der Waals surface area (Å²) in [6, 6.07) is 10.1. The molecule has 41 heavy (non-hydrogen) atoms. The number of aromatic nitrogens is 2. The van der Waals surface area contributed by atoms with E-state index in [2.05, 4.69) is 0 Å². The molecule has 1 atom stereocenters. The molecule has 1 saturated heterocycles. The Labute approximate surface area is 241 Å². The normalized spacial score (nSPS) is 15.7. The van der Waals surface area contributed by atoms with Crippen LogP contribution in [0.2, 0.25) is 0 Å². The molecule has 1 aliphatic heterocycles. The van der Waals surface area contributed by atoms with Crippen LogP contribution < -0.4 is 9.47 Å². The molecule has 3 aromatic rings. The zero-order valence-corrected chi connectivity index (χ0v) is 24.6. The van der Waals surface area contributed by atoms with Crippen molar-refractivity contribution in [1.82, 2.24) is 19.6 Å². The molecule has 2 heterocycles. The van der Waals surface area contributed by atoms with Gasteiger partial charge in [-0.3, -0.25) is 9.59 Å². The fraction of sp³-hybridized carbons (Fsp3) is 0.469. The standard InChI is InChI=1S/C32H39FN4O4/c1-6-21(4)31(38)35-14-7-15-36(17-16-35)32(39)29-25-13-8-22-18-27(40-5)28(41-20(2)3)19-26(22)30(25)37(34-29)24-11-9-23(33)10-12-24/h9-12,18-21H,6-8,13-17H2,1-5H3. The van der Waals surface area contributed by atoms with Gasteiger partial charge in [-0.25, -0.2) is 9.07 Å². The van der Waals surface area contributed by atoms with Crippen LogP contribution in [0.1, 0.15) is 62.2 Å². The Morgan fingerprint density at radius 2 is 1.68 bits per heavy atom. The minimum absolute atomic E-state index is 0.0288. The first-order valence-electron chi connectivity index (χ1n) is 14.6. The summed E-state index contributed by atoms with van der Waals surface area (Å²) in [6.07, 6.45) is 2.80. The lowest BCUT2D eigenvalue weighted by molar-refractivity contribution is -0.134. The van der Waals surface area contributed by atoms with Gasteiger partial charge in [0.05, 0.1) is 24.6 Å². The number of fused-ring (bicyclic) bond motifs is 3. The van der Waals surface area contributed by atoms with Gasteiger partial charge in [0.25, 0.3) is 5.91 Å². The lowest BCUT2D eigenvalue weighted by Crippen LogP contribution is -2.39. The molecule has 0 bridgehead atoms. The van der Waals surface area contributed by atoms with Crippen LogP contribution in [-0.2, 0) is 17.6 Å².